The minimum absolute atomic E-state index is 0.129. The number of hydrogen-bond donors (Lipinski definition) is 3. The van der Waals surface area contributed by atoms with Crippen molar-refractivity contribution >= 4 is 28.9 Å². The van der Waals surface area contributed by atoms with Gasteiger partial charge in [0.1, 0.15) is 11.5 Å². The summed E-state index contributed by atoms with van der Waals surface area (Å²) < 4.78 is 5.11. The van der Waals surface area contributed by atoms with Crippen molar-refractivity contribution in [2.24, 2.45) is 0 Å². The second kappa shape index (κ2) is 8.91. The molecule has 0 saturated carbocycles. The summed E-state index contributed by atoms with van der Waals surface area (Å²) in [5.74, 6) is 0.0261. The minimum atomic E-state index is -0.491. The number of rotatable bonds is 7. The van der Waals surface area contributed by atoms with Crippen LogP contribution in [0.15, 0.2) is 83.1 Å². The summed E-state index contributed by atoms with van der Waals surface area (Å²) in [6.07, 6.45) is 3.56. The summed E-state index contributed by atoms with van der Waals surface area (Å²) in [5, 5.41) is 5.46. The third-order valence-corrected chi connectivity index (χ3v) is 4.43. The molecule has 30 heavy (non-hydrogen) atoms. The van der Waals surface area contributed by atoms with E-state index in [0.29, 0.717) is 13.0 Å². The van der Waals surface area contributed by atoms with Gasteiger partial charge in [-0.25, -0.2) is 4.98 Å². The Hall–Kier alpha value is -4.13. The highest BCUT2D eigenvalue weighted by Crippen LogP contribution is 2.11. The lowest BCUT2D eigenvalue weighted by atomic mass is 10.2. The molecule has 0 radical (unpaired) electrons. The van der Waals surface area contributed by atoms with Gasteiger partial charge in [-0.15, -0.1) is 0 Å². The number of amides is 2. The summed E-state index contributed by atoms with van der Waals surface area (Å²) in [6.45, 7) is 0.363. The van der Waals surface area contributed by atoms with E-state index >= 15 is 0 Å². The average Bonchev–Trinajstić information content (AvgIpc) is 3.43. The number of H-pyrrole nitrogens is 1. The van der Waals surface area contributed by atoms with E-state index in [1.54, 1.807) is 12.1 Å². The van der Waals surface area contributed by atoms with Crippen molar-refractivity contribution in [1.29, 1.82) is 0 Å². The summed E-state index contributed by atoms with van der Waals surface area (Å²) >= 11 is 0. The molecule has 7 heteroatoms. The fourth-order valence-electron chi connectivity index (χ4n) is 2.98. The maximum absolute atomic E-state index is 12.8. The summed E-state index contributed by atoms with van der Waals surface area (Å²) in [6, 6.07) is 20.2. The molecule has 2 heterocycles. The van der Waals surface area contributed by atoms with E-state index in [4.69, 9.17) is 4.42 Å². The van der Waals surface area contributed by atoms with Gasteiger partial charge in [-0.1, -0.05) is 42.5 Å². The normalized spacial score (nSPS) is 11.4. The van der Waals surface area contributed by atoms with Crippen molar-refractivity contribution in [2.45, 2.75) is 6.42 Å². The van der Waals surface area contributed by atoms with E-state index in [-0.39, 0.29) is 11.5 Å². The SMILES string of the molecule is O=C(NCCc1nc2ccccc2[nH]1)C(=Cc1ccccc1)NC(=O)c1ccco1. The molecular weight excluding hydrogens is 380 g/mol. The Labute approximate surface area is 172 Å². The first kappa shape index (κ1) is 19.2. The Kier molecular flexibility index (Phi) is 5.70. The highest BCUT2D eigenvalue weighted by molar-refractivity contribution is 6.04. The summed E-state index contributed by atoms with van der Waals surface area (Å²) in [5.41, 5.74) is 2.76. The number of benzene rings is 2. The molecule has 2 amide bonds. The molecule has 3 N–H and O–H groups in total. The van der Waals surface area contributed by atoms with Crippen LogP contribution in [0, 0.1) is 0 Å². The number of nitrogens with zero attached hydrogens (tertiary/aromatic N) is 1. The second-order valence-corrected chi connectivity index (χ2v) is 6.61. The van der Waals surface area contributed by atoms with E-state index in [1.165, 1.54) is 12.3 Å². The first-order valence-electron chi connectivity index (χ1n) is 9.52. The molecule has 2 aromatic carbocycles. The number of nitrogens with one attached hydrogen (secondary N) is 3. The third kappa shape index (κ3) is 4.64. The smallest absolute Gasteiger partial charge is 0.291 e. The van der Waals surface area contributed by atoms with Gasteiger partial charge in [-0.3, -0.25) is 9.59 Å². The molecule has 0 saturated heterocycles. The van der Waals surface area contributed by atoms with Gasteiger partial charge in [0, 0.05) is 13.0 Å². The molecule has 0 unspecified atom stereocenters. The highest BCUT2D eigenvalue weighted by Gasteiger charge is 2.16. The molecule has 0 aliphatic rings. The van der Waals surface area contributed by atoms with E-state index < -0.39 is 11.8 Å². The fraction of sp³-hybridized carbons (Fsp3) is 0.0870. The molecular formula is C23H20N4O3. The van der Waals surface area contributed by atoms with Crippen LogP contribution in [0.3, 0.4) is 0 Å². The third-order valence-electron chi connectivity index (χ3n) is 4.43. The molecule has 2 aromatic heterocycles. The van der Waals surface area contributed by atoms with Crippen molar-refractivity contribution in [3.8, 4) is 0 Å². The predicted octanol–water partition coefficient (Wildman–Crippen LogP) is 3.29. The van der Waals surface area contributed by atoms with Crippen LogP contribution >= 0.6 is 0 Å². The van der Waals surface area contributed by atoms with Crippen LogP contribution in [0.2, 0.25) is 0 Å². The van der Waals surface area contributed by atoms with Crippen molar-refractivity contribution in [3.05, 3.63) is 95.8 Å². The van der Waals surface area contributed by atoms with Crippen molar-refractivity contribution in [2.75, 3.05) is 6.54 Å². The zero-order valence-electron chi connectivity index (χ0n) is 16.1. The summed E-state index contributed by atoms with van der Waals surface area (Å²) in [4.78, 5) is 32.9. The van der Waals surface area contributed by atoms with Crippen molar-refractivity contribution < 1.29 is 14.0 Å². The quantitative estimate of drug-likeness (QED) is 0.415. The van der Waals surface area contributed by atoms with Gasteiger partial charge in [0.15, 0.2) is 5.76 Å². The first-order valence-corrected chi connectivity index (χ1v) is 9.52. The number of aromatic nitrogens is 2. The molecule has 4 rings (SSSR count). The largest absolute Gasteiger partial charge is 0.459 e. The predicted molar refractivity (Wildman–Crippen MR) is 113 cm³/mol. The van der Waals surface area contributed by atoms with Crippen LogP contribution in [0.5, 0.6) is 0 Å². The second-order valence-electron chi connectivity index (χ2n) is 6.61. The van der Waals surface area contributed by atoms with Crippen LogP contribution < -0.4 is 10.6 Å². The van der Waals surface area contributed by atoms with Gasteiger partial charge < -0.3 is 20.0 Å². The lowest BCUT2D eigenvalue weighted by molar-refractivity contribution is -0.117. The van der Waals surface area contributed by atoms with E-state index in [9.17, 15) is 9.59 Å². The van der Waals surface area contributed by atoms with Crippen molar-refractivity contribution in [1.82, 2.24) is 20.6 Å². The van der Waals surface area contributed by atoms with Crippen LogP contribution in [0.25, 0.3) is 17.1 Å². The molecule has 0 aliphatic heterocycles. The van der Waals surface area contributed by atoms with E-state index in [2.05, 4.69) is 20.6 Å². The Morgan fingerprint density at radius 3 is 2.57 bits per heavy atom. The first-order chi connectivity index (χ1) is 14.7. The van der Waals surface area contributed by atoms with Gasteiger partial charge in [0.2, 0.25) is 0 Å². The van der Waals surface area contributed by atoms with E-state index in [0.717, 1.165) is 22.4 Å². The monoisotopic (exact) mass is 400 g/mol. The molecule has 4 aromatic rings. The van der Waals surface area contributed by atoms with Crippen LogP contribution in [0.1, 0.15) is 21.9 Å². The number of hydrogen-bond acceptors (Lipinski definition) is 4. The number of furan rings is 1. The molecule has 0 bridgehead atoms. The molecule has 0 spiro atoms. The Bertz CT molecular complexity index is 1140. The zero-order chi connectivity index (χ0) is 20.8. The maximum atomic E-state index is 12.8. The topological polar surface area (TPSA) is 100 Å². The van der Waals surface area contributed by atoms with Gasteiger partial charge in [0.25, 0.3) is 11.8 Å². The zero-order valence-corrected chi connectivity index (χ0v) is 16.1. The van der Waals surface area contributed by atoms with Gasteiger partial charge in [-0.05, 0) is 35.9 Å². The number of carbonyl (C=O) groups is 2. The highest BCUT2D eigenvalue weighted by atomic mass is 16.3. The molecule has 0 atom stereocenters. The van der Waals surface area contributed by atoms with Gasteiger partial charge in [-0.2, -0.15) is 0 Å². The van der Waals surface area contributed by atoms with Crippen LogP contribution in [-0.4, -0.2) is 28.3 Å². The number of imidazole rings is 1. The Morgan fingerprint density at radius 1 is 1.00 bits per heavy atom. The molecule has 0 aliphatic carbocycles. The van der Waals surface area contributed by atoms with Gasteiger partial charge in [0.05, 0.1) is 17.3 Å². The van der Waals surface area contributed by atoms with Crippen LogP contribution in [-0.2, 0) is 11.2 Å². The molecule has 7 nitrogen and oxygen atoms in total. The number of carbonyl (C=O) groups excluding carboxylic acids is 2. The van der Waals surface area contributed by atoms with Crippen molar-refractivity contribution in [3.63, 3.8) is 0 Å². The number of fused-ring (bicyclic) bond motifs is 1. The lowest BCUT2D eigenvalue weighted by Crippen LogP contribution is -2.35. The maximum Gasteiger partial charge on any atom is 0.291 e. The molecule has 150 valence electrons. The molecule has 0 fully saturated rings. The Balaban J connectivity index is 1.44. The number of para-hydroxylation sites is 2. The fourth-order valence-corrected chi connectivity index (χ4v) is 2.98. The van der Waals surface area contributed by atoms with Crippen LogP contribution in [0.4, 0.5) is 0 Å². The van der Waals surface area contributed by atoms with Gasteiger partial charge >= 0.3 is 0 Å². The standard InChI is InChI=1S/C23H20N4O3/c28-22(24-13-12-21-25-17-9-4-5-10-18(17)26-21)19(15-16-7-2-1-3-8-16)27-23(29)20-11-6-14-30-20/h1-11,14-15H,12-13H2,(H,24,28)(H,25,26)(H,27,29). The minimum Gasteiger partial charge on any atom is -0.459 e. The number of aromatic amines is 1. The lowest BCUT2D eigenvalue weighted by Gasteiger charge is -2.10. The van der Waals surface area contributed by atoms with E-state index in [1.807, 2.05) is 54.6 Å². The average molecular weight is 400 g/mol. The summed E-state index contributed by atoms with van der Waals surface area (Å²) in [7, 11) is 0. The Morgan fingerprint density at radius 2 is 1.80 bits per heavy atom.